The predicted molar refractivity (Wildman–Crippen MR) is 109 cm³/mol. The molecule has 0 unspecified atom stereocenters. The molecule has 0 saturated carbocycles. The molecule has 1 aliphatic rings. The van der Waals surface area contributed by atoms with E-state index in [0.717, 1.165) is 23.3 Å². The van der Waals surface area contributed by atoms with Gasteiger partial charge in [-0.15, -0.1) is 11.3 Å². The maximum absolute atomic E-state index is 14.2. The van der Waals surface area contributed by atoms with E-state index in [-0.39, 0.29) is 18.3 Å². The normalized spacial score (nSPS) is 12.9. The predicted octanol–water partition coefficient (Wildman–Crippen LogP) is 4.48. The smallest absolute Gasteiger partial charge is 0.261 e. The molecular weight excluding hydrogens is 377 g/mol. The van der Waals surface area contributed by atoms with Crippen LogP contribution in [0.4, 0.5) is 4.39 Å². The molecule has 1 heterocycles. The van der Waals surface area contributed by atoms with Gasteiger partial charge in [0.1, 0.15) is 18.2 Å². The Kier molecular flexibility index (Phi) is 5.59. The third-order valence-electron chi connectivity index (χ3n) is 4.98. The highest BCUT2D eigenvalue weighted by Crippen LogP contribution is 2.33. The minimum atomic E-state index is -0.334. The summed E-state index contributed by atoms with van der Waals surface area (Å²) in [7, 11) is 1.54. The van der Waals surface area contributed by atoms with E-state index in [4.69, 9.17) is 9.47 Å². The largest absolute Gasteiger partial charge is 0.492 e. The number of thiophene rings is 1. The number of halogens is 1. The summed E-state index contributed by atoms with van der Waals surface area (Å²) >= 11 is 1.28. The van der Waals surface area contributed by atoms with Crippen LogP contribution in [0, 0.1) is 5.82 Å². The van der Waals surface area contributed by atoms with Crippen molar-refractivity contribution in [3.63, 3.8) is 0 Å². The molecule has 1 amide bonds. The Hall–Kier alpha value is -2.44. The number of carbonyl (C=O) groups is 1. The van der Waals surface area contributed by atoms with Gasteiger partial charge in [0.2, 0.25) is 0 Å². The molecule has 4 nitrogen and oxygen atoms in total. The number of ether oxygens (including phenoxy) is 2. The summed E-state index contributed by atoms with van der Waals surface area (Å²) in [6, 6.07) is 11.1. The monoisotopic (exact) mass is 399 g/mol. The fraction of sp³-hybridized carbons (Fsp3) is 0.318. The Morgan fingerprint density at radius 2 is 2.07 bits per heavy atom. The average molecular weight is 399 g/mol. The second kappa shape index (κ2) is 8.29. The first kappa shape index (κ1) is 18.9. The molecule has 1 aromatic heterocycles. The third kappa shape index (κ3) is 3.75. The van der Waals surface area contributed by atoms with Gasteiger partial charge in [0.05, 0.1) is 18.0 Å². The maximum Gasteiger partial charge on any atom is 0.261 e. The van der Waals surface area contributed by atoms with Gasteiger partial charge in [0.25, 0.3) is 5.91 Å². The summed E-state index contributed by atoms with van der Waals surface area (Å²) in [6.07, 6.45) is 3.45. The molecule has 0 spiro atoms. The molecule has 0 saturated heterocycles. The number of rotatable bonds is 7. The molecule has 0 fully saturated rings. The number of aryl methyl sites for hydroxylation is 2. The highest BCUT2D eigenvalue weighted by molar-refractivity contribution is 7.21. The summed E-state index contributed by atoms with van der Waals surface area (Å²) in [5.74, 6) is 0.268. The van der Waals surface area contributed by atoms with Crippen molar-refractivity contribution in [2.75, 3.05) is 20.3 Å². The van der Waals surface area contributed by atoms with E-state index in [1.807, 2.05) is 12.1 Å². The first-order chi connectivity index (χ1) is 13.7. The lowest BCUT2D eigenvalue weighted by Gasteiger charge is -2.09. The number of nitrogens with one attached hydrogen (secondary N) is 1. The summed E-state index contributed by atoms with van der Waals surface area (Å²) in [5, 5.41) is 3.34. The Labute approximate surface area is 167 Å². The minimum absolute atomic E-state index is 0.190. The van der Waals surface area contributed by atoms with Gasteiger partial charge in [0, 0.05) is 22.8 Å². The SMILES string of the molecule is COCc1c(C(=O)NCCOc2ccc3c(c2)CCC3)sc2cccc(F)c12. The van der Waals surface area contributed by atoms with Gasteiger partial charge in [-0.2, -0.15) is 0 Å². The number of carbonyl (C=O) groups excluding carboxylic acids is 1. The van der Waals surface area contributed by atoms with Crippen molar-refractivity contribution in [3.05, 3.63) is 63.8 Å². The lowest BCUT2D eigenvalue weighted by atomic mass is 10.1. The van der Waals surface area contributed by atoms with Gasteiger partial charge in [-0.1, -0.05) is 12.1 Å². The molecule has 4 rings (SSSR count). The molecule has 0 aliphatic heterocycles. The summed E-state index contributed by atoms with van der Waals surface area (Å²) in [4.78, 5) is 13.1. The van der Waals surface area contributed by atoms with E-state index in [0.29, 0.717) is 29.0 Å². The van der Waals surface area contributed by atoms with Crippen molar-refractivity contribution in [2.24, 2.45) is 0 Å². The Bertz CT molecular complexity index is 1010. The first-order valence-electron chi connectivity index (χ1n) is 9.39. The maximum atomic E-state index is 14.2. The number of methoxy groups -OCH3 is 1. The number of amides is 1. The van der Waals surface area contributed by atoms with Crippen LogP contribution in [-0.4, -0.2) is 26.2 Å². The second-order valence-electron chi connectivity index (χ2n) is 6.84. The van der Waals surface area contributed by atoms with Crippen LogP contribution in [0.3, 0.4) is 0 Å². The standard InChI is InChI=1S/C22H22FNO3S/c1-26-13-17-20-18(23)6-3-7-19(20)28-21(17)22(25)24-10-11-27-16-9-8-14-4-2-5-15(14)12-16/h3,6-9,12H,2,4-5,10-11,13H2,1H3,(H,24,25). The average Bonchev–Trinajstić information content (AvgIpc) is 3.30. The molecule has 28 heavy (non-hydrogen) atoms. The van der Waals surface area contributed by atoms with Crippen LogP contribution < -0.4 is 10.1 Å². The first-order valence-corrected chi connectivity index (χ1v) is 10.2. The molecule has 2 aromatic carbocycles. The molecule has 6 heteroatoms. The van der Waals surface area contributed by atoms with E-state index < -0.39 is 0 Å². The van der Waals surface area contributed by atoms with E-state index in [2.05, 4.69) is 17.4 Å². The minimum Gasteiger partial charge on any atom is -0.492 e. The third-order valence-corrected chi connectivity index (χ3v) is 6.18. The van der Waals surface area contributed by atoms with Gasteiger partial charge in [-0.3, -0.25) is 4.79 Å². The zero-order valence-electron chi connectivity index (χ0n) is 15.7. The van der Waals surface area contributed by atoms with Crippen molar-refractivity contribution in [1.29, 1.82) is 0 Å². The number of benzene rings is 2. The van der Waals surface area contributed by atoms with Crippen molar-refractivity contribution in [1.82, 2.24) is 5.32 Å². The van der Waals surface area contributed by atoms with Gasteiger partial charge < -0.3 is 14.8 Å². The number of fused-ring (bicyclic) bond motifs is 2. The zero-order chi connectivity index (χ0) is 19.5. The highest BCUT2D eigenvalue weighted by Gasteiger charge is 2.20. The van der Waals surface area contributed by atoms with E-state index in [9.17, 15) is 9.18 Å². The van der Waals surface area contributed by atoms with Crippen LogP contribution in [0.1, 0.15) is 32.8 Å². The van der Waals surface area contributed by atoms with Crippen molar-refractivity contribution in [2.45, 2.75) is 25.9 Å². The summed E-state index contributed by atoms with van der Waals surface area (Å²) < 4.78 is 26.0. The molecular formula is C22H22FNO3S. The van der Waals surface area contributed by atoms with Gasteiger partial charge in [0.15, 0.2) is 0 Å². The van der Waals surface area contributed by atoms with Gasteiger partial charge >= 0.3 is 0 Å². The molecule has 3 aromatic rings. The van der Waals surface area contributed by atoms with Crippen molar-refractivity contribution in [3.8, 4) is 5.75 Å². The van der Waals surface area contributed by atoms with E-state index in [1.54, 1.807) is 6.07 Å². The zero-order valence-corrected chi connectivity index (χ0v) is 16.5. The van der Waals surface area contributed by atoms with Crippen LogP contribution >= 0.6 is 11.3 Å². The molecule has 0 bridgehead atoms. The summed E-state index contributed by atoms with van der Waals surface area (Å²) in [6.45, 7) is 0.942. The van der Waals surface area contributed by atoms with Crippen molar-refractivity contribution < 1.29 is 18.7 Å². The summed E-state index contributed by atoms with van der Waals surface area (Å²) in [5.41, 5.74) is 3.36. The second-order valence-corrected chi connectivity index (χ2v) is 7.90. The van der Waals surface area contributed by atoms with E-state index in [1.165, 1.54) is 42.1 Å². The van der Waals surface area contributed by atoms with Crippen molar-refractivity contribution >= 4 is 27.3 Å². The quantitative estimate of drug-likeness (QED) is 0.596. The molecule has 146 valence electrons. The van der Waals surface area contributed by atoms with Crippen LogP contribution in [0.25, 0.3) is 10.1 Å². The van der Waals surface area contributed by atoms with Crippen LogP contribution in [0.2, 0.25) is 0 Å². The number of hydrogen-bond acceptors (Lipinski definition) is 4. The fourth-order valence-corrected chi connectivity index (χ4v) is 4.82. The Morgan fingerprint density at radius 1 is 1.21 bits per heavy atom. The van der Waals surface area contributed by atoms with Crippen LogP contribution in [0.15, 0.2) is 36.4 Å². The molecule has 0 radical (unpaired) electrons. The number of hydrogen-bond donors (Lipinski definition) is 1. The van der Waals surface area contributed by atoms with Crippen LogP contribution in [0.5, 0.6) is 5.75 Å². The van der Waals surface area contributed by atoms with Gasteiger partial charge in [-0.05, 0) is 54.7 Å². The Morgan fingerprint density at radius 3 is 2.93 bits per heavy atom. The molecule has 1 aliphatic carbocycles. The molecule has 1 N–H and O–H groups in total. The van der Waals surface area contributed by atoms with Gasteiger partial charge in [-0.25, -0.2) is 4.39 Å². The Balaban J connectivity index is 1.40. The highest BCUT2D eigenvalue weighted by atomic mass is 32.1. The van der Waals surface area contributed by atoms with E-state index >= 15 is 0 Å². The fourth-order valence-electron chi connectivity index (χ4n) is 3.68. The lowest BCUT2D eigenvalue weighted by molar-refractivity contribution is 0.0947. The lowest BCUT2D eigenvalue weighted by Crippen LogP contribution is -2.28. The topological polar surface area (TPSA) is 47.6 Å². The molecule has 0 atom stereocenters. The van der Waals surface area contributed by atoms with Crippen LogP contribution in [-0.2, 0) is 24.2 Å².